The van der Waals surface area contributed by atoms with Crippen LogP contribution in [0.2, 0.25) is 0 Å². The van der Waals surface area contributed by atoms with E-state index in [4.69, 9.17) is 19.2 Å². The first kappa shape index (κ1) is 16.1. The molecule has 7 heavy (non-hydrogen) atoms. The Hall–Kier alpha value is 2.20. The molecule has 3 N–H and O–H groups in total. The summed E-state index contributed by atoms with van der Waals surface area (Å²) in [5.74, 6) is 0. The SMILES string of the molecule is O=P(O)(O)O.[Ba+2].[H-].[H-].[SeH2]. The van der Waals surface area contributed by atoms with Gasteiger partial charge in [0, 0.05) is 0 Å². The van der Waals surface area contributed by atoms with E-state index >= 15 is 0 Å². The van der Waals surface area contributed by atoms with Crippen molar-refractivity contribution in [3.63, 3.8) is 0 Å². The van der Waals surface area contributed by atoms with Gasteiger partial charge >= 0.3 is 73.8 Å². The molecular formula is H7BaO4PSe. The third kappa shape index (κ3) is 65.1. The molecule has 0 aliphatic heterocycles. The normalized spacial score (nSPS) is 8.43. The van der Waals surface area contributed by atoms with Crippen LogP contribution in [-0.4, -0.2) is 80.6 Å². The molecule has 7 heteroatoms. The van der Waals surface area contributed by atoms with Gasteiger partial charge in [-0.25, -0.2) is 4.57 Å². The Morgan fingerprint density at radius 1 is 1.29 bits per heavy atom. The Labute approximate surface area is 94.4 Å². The molecule has 0 spiro atoms. The molecule has 0 bridgehead atoms. The van der Waals surface area contributed by atoms with Crippen molar-refractivity contribution < 1.29 is 22.1 Å². The average molecular weight is 318 g/mol. The van der Waals surface area contributed by atoms with E-state index in [1.807, 2.05) is 0 Å². The van der Waals surface area contributed by atoms with Crippen molar-refractivity contribution in [1.82, 2.24) is 0 Å². The summed E-state index contributed by atoms with van der Waals surface area (Å²) in [4.78, 5) is 21.6. The first-order chi connectivity index (χ1) is 2.00. The van der Waals surface area contributed by atoms with Crippen LogP contribution in [0.5, 0.6) is 0 Å². The van der Waals surface area contributed by atoms with Gasteiger partial charge in [-0.3, -0.25) is 0 Å². The second-order valence-electron chi connectivity index (χ2n) is 0.513. The summed E-state index contributed by atoms with van der Waals surface area (Å²) in [6, 6.07) is 0. The van der Waals surface area contributed by atoms with Crippen LogP contribution >= 0.6 is 7.82 Å². The van der Waals surface area contributed by atoms with E-state index < -0.39 is 7.82 Å². The third-order valence-electron chi connectivity index (χ3n) is 0. The monoisotopic (exact) mass is 320 g/mol. The van der Waals surface area contributed by atoms with E-state index in [9.17, 15) is 0 Å². The Kier molecular flexibility index (Phi) is 14.5. The van der Waals surface area contributed by atoms with E-state index in [0.29, 0.717) is 0 Å². The quantitative estimate of drug-likeness (QED) is 0.357. The van der Waals surface area contributed by atoms with Crippen LogP contribution < -0.4 is 0 Å². The first-order valence-electron chi connectivity index (χ1n) is 0.783. The van der Waals surface area contributed by atoms with Crippen molar-refractivity contribution in [2.75, 3.05) is 0 Å². The topological polar surface area (TPSA) is 77.8 Å². The molecule has 0 aromatic carbocycles. The Bertz CT molecular complexity index is 64.7. The zero-order chi connectivity index (χ0) is 4.50. The molecule has 0 radical (unpaired) electrons. The van der Waals surface area contributed by atoms with Crippen LogP contribution in [0.25, 0.3) is 0 Å². The first-order valence-corrected chi connectivity index (χ1v) is 2.35. The number of rotatable bonds is 0. The molecule has 0 atom stereocenters. The predicted octanol–water partition coefficient (Wildman–Crippen LogP) is -2.00. The van der Waals surface area contributed by atoms with E-state index in [1.165, 1.54) is 0 Å². The van der Waals surface area contributed by atoms with Crippen LogP contribution in [0.3, 0.4) is 0 Å². The minimum absolute atomic E-state index is 0. The zero-order valence-electron chi connectivity index (χ0n) is 5.40. The number of hydrogen-bond donors (Lipinski definition) is 3. The summed E-state index contributed by atoms with van der Waals surface area (Å²) in [6.07, 6.45) is 0. The van der Waals surface area contributed by atoms with Crippen LogP contribution in [0.4, 0.5) is 0 Å². The molecule has 0 unspecified atom stereocenters. The molecule has 0 fully saturated rings. The maximum atomic E-state index is 8.88. The summed E-state index contributed by atoms with van der Waals surface area (Å²) in [7, 11) is -4.64. The molecule has 44 valence electrons. The van der Waals surface area contributed by atoms with Crippen molar-refractivity contribution in [2.45, 2.75) is 0 Å². The fraction of sp³-hybridized carbons (Fsp3) is 0. The molecule has 0 saturated carbocycles. The zero-order valence-corrected chi connectivity index (χ0v) is 10.8. The van der Waals surface area contributed by atoms with Crippen molar-refractivity contribution >= 4 is 73.8 Å². The van der Waals surface area contributed by atoms with Gasteiger partial charge in [0.25, 0.3) is 0 Å². The third-order valence-corrected chi connectivity index (χ3v) is 0. The Morgan fingerprint density at radius 2 is 1.29 bits per heavy atom. The molecule has 0 aliphatic rings. The molecule has 0 aromatic rings. The van der Waals surface area contributed by atoms with Gasteiger partial charge in [-0.1, -0.05) is 0 Å². The van der Waals surface area contributed by atoms with E-state index in [0.717, 1.165) is 0 Å². The van der Waals surface area contributed by atoms with Gasteiger partial charge in [0.15, 0.2) is 0 Å². The van der Waals surface area contributed by atoms with Gasteiger partial charge in [-0.15, -0.1) is 0 Å². The van der Waals surface area contributed by atoms with E-state index in [1.54, 1.807) is 0 Å². The second-order valence-corrected chi connectivity index (χ2v) is 1.54. The average Bonchev–Trinajstić information content (AvgIpc) is 0.722. The summed E-state index contributed by atoms with van der Waals surface area (Å²) >= 11 is 0. The van der Waals surface area contributed by atoms with Crippen LogP contribution in [0.1, 0.15) is 2.85 Å². The number of hydrogen-bond acceptors (Lipinski definition) is 1. The van der Waals surface area contributed by atoms with Gasteiger partial charge in [0.1, 0.15) is 0 Å². The molecule has 0 heterocycles. The molecule has 0 aromatic heterocycles. The van der Waals surface area contributed by atoms with Crippen LogP contribution in [0, 0.1) is 0 Å². The molecule has 0 rings (SSSR count). The molecule has 0 aliphatic carbocycles. The summed E-state index contributed by atoms with van der Waals surface area (Å²) in [6.45, 7) is 0. The molecule has 0 saturated heterocycles. The maximum absolute atomic E-state index is 8.88. The van der Waals surface area contributed by atoms with Gasteiger partial charge in [-0.05, 0) is 0 Å². The number of phosphoric acid groups is 1. The fourth-order valence-electron chi connectivity index (χ4n) is 0. The van der Waals surface area contributed by atoms with Gasteiger partial charge < -0.3 is 17.5 Å². The molecular weight excluding hydrogens is 311 g/mol. The van der Waals surface area contributed by atoms with Crippen LogP contribution in [-0.2, 0) is 4.57 Å². The minimum atomic E-state index is -4.64. The van der Waals surface area contributed by atoms with Gasteiger partial charge in [0.2, 0.25) is 0 Å². The Morgan fingerprint density at radius 3 is 1.29 bits per heavy atom. The van der Waals surface area contributed by atoms with E-state index in [2.05, 4.69) is 0 Å². The summed E-state index contributed by atoms with van der Waals surface area (Å²) in [5, 5.41) is 0. The second kappa shape index (κ2) is 6.32. The summed E-state index contributed by atoms with van der Waals surface area (Å²) < 4.78 is 8.88. The summed E-state index contributed by atoms with van der Waals surface area (Å²) in [5.41, 5.74) is 0. The van der Waals surface area contributed by atoms with Gasteiger partial charge in [0.05, 0.1) is 0 Å². The Balaban J connectivity index is -0.0000000133. The van der Waals surface area contributed by atoms with Crippen molar-refractivity contribution in [1.29, 1.82) is 0 Å². The standard InChI is InChI=1S/Ba.H3O4P.H2Se.2H/c;1-5(2,3)4;;;/h;(H3,1,2,3,4);1H2;;/q+2;;;2*-1. The van der Waals surface area contributed by atoms with E-state index in [-0.39, 0.29) is 68.8 Å². The van der Waals surface area contributed by atoms with Crippen LogP contribution in [0.15, 0.2) is 0 Å². The molecule has 0 amide bonds. The van der Waals surface area contributed by atoms with Crippen molar-refractivity contribution in [3.05, 3.63) is 0 Å². The molecule has 4 nitrogen and oxygen atoms in total. The van der Waals surface area contributed by atoms with Gasteiger partial charge in [-0.2, -0.15) is 0 Å². The fourth-order valence-corrected chi connectivity index (χ4v) is 0. The van der Waals surface area contributed by atoms with Crippen molar-refractivity contribution in [3.8, 4) is 0 Å². The van der Waals surface area contributed by atoms with Crippen molar-refractivity contribution in [2.24, 2.45) is 0 Å². The predicted molar refractivity (Wildman–Crippen MR) is 30.8 cm³/mol.